The van der Waals surface area contributed by atoms with E-state index in [1.165, 1.54) is 23.8 Å². The van der Waals surface area contributed by atoms with Crippen LogP contribution in [0.4, 0.5) is 0 Å². The SMILES string of the molecule is COc1cncc(OC2CCCN(S(=O)(=O)c3cccc4cccnc34)C2)n1. The normalized spacial score (nSPS) is 18.1. The van der Waals surface area contributed by atoms with Crippen molar-refractivity contribution in [2.24, 2.45) is 0 Å². The van der Waals surface area contributed by atoms with Gasteiger partial charge >= 0.3 is 0 Å². The third kappa shape index (κ3) is 3.63. The molecule has 2 aromatic heterocycles. The van der Waals surface area contributed by atoms with Crippen molar-refractivity contribution < 1.29 is 17.9 Å². The number of aromatic nitrogens is 3. The number of benzene rings is 1. The molecule has 1 fully saturated rings. The van der Waals surface area contributed by atoms with Crippen LogP contribution in [0.15, 0.2) is 53.8 Å². The highest BCUT2D eigenvalue weighted by atomic mass is 32.2. The predicted molar refractivity (Wildman–Crippen MR) is 103 cm³/mol. The van der Waals surface area contributed by atoms with Gasteiger partial charge < -0.3 is 9.47 Å². The predicted octanol–water partition coefficient (Wildman–Crippen LogP) is 2.27. The van der Waals surface area contributed by atoms with Crippen molar-refractivity contribution in [3.63, 3.8) is 0 Å². The van der Waals surface area contributed by atoms with Gasteiger partial charge in [-0.3, -0.25) is 9.97 Å². The van der Waals surface area contributed by atoms with E-state index in [4.69, 9.17) is 9.47 Å². The molecule has 0 aliphatic carbocycles. The standard InChI is InChI=1S/C19H20N4O4S/c1-26-17-11-20-12-18(22-17)27-15-7-4-10-23(13-15)28(24,25)16-8-2-5-14-6-3-9-21-19(14)16/h2-3,5-6,8-9,11-12,15H,4,7,10,13H2,1H3. The van der Waals surface area contributed by atoms with Gasteiger partial charge in [0.1, 0.15) is 11.0 Å². The fraction of sp³-hybridized carbons (Fsp3) is 0.316. The third-order valence-corrected chi connectivity index (χ3v) is 6.54. The van der Waals surface area contributed by atoms with Gasteiger partial charge in [-0.05, 0) is 25.0 Å². The summed E-state index contributed by atoms with van der Waals surface area (Å²) in [7, 11) is -2.20. The number of nitrogens with zero attached hydrogens (tertiary/aromatic N) is 4. The highest BCUT2D eigenvalue weighted by Crippen LogP contribution is 2.27. The van der Waals surface area contributed by atoms with Crippen LogP contribution < -0.4 is 9.47 Å². The molecule has 1 aromatic carbocycles. The lowest BCUT2D eigenvalue weighted by Gasteiger charge is -2.31. The number of methoxy groups -OCH3 is 1. The molecule has 0 radical (unpaired) electrons. The van der Waals surface area contributed by atoms with Crippen LogP contribution in [0.5, 0.6) is 11.8 Å². The average Bonchev–Trinajstić information content (AvgIpc) is 2.73. The quantitative estimate of drug-likeness (QED) is 0.648. The molecule has 3 aromatic rings. The zero-order valence-corrected chi connectivity index (χ0v) is 16.2. The molecule has 0 spiro atoms. The Morgan fingerprint density at radius 2 is 1.96 bits per heavy atom. The van der Waals surface area contributed by atoms with Crippen molar-refractivity contribution in [3.8, 4) is 11.8 Å². The summed E-state index contributed by atoms with van der Waals surface area (Å²) in [4.78, 5) is 12.7. The lowest BCUT2D eigenvalue weighted by atomic mass is 10.1. The van der Waals surface area contributed by atoms with E-state index in [0.29, 0.717) is 30.2 Å². The number of piperidine rings is 1. The number of fused-ring (bicyclic) bond motifs is 1. The van der Waals surface area contributed by atoms with Crippen molar-refractivity contribution in [1.29, 1.82) is 0 Å². The first-order valence-corrected chi connectivity index (χ1v) is 10.4. The number of pyridine rings is 1. The van der Waals surface area contributed by atoms with E-state index in [1.54, 1.807) is 24.4 Å². The molecule has 1 unspecified atom stereocenters. The molecular formula is C19H20N4O4S. The first kappa shape index (κ1) is 18.6. The molecule has 1 aliphatic rings. The van der Waals surface area contributed by atoms with Gasteiger partial charge in [-0.2, -0.15) is 9.29 Å². The van der Waals surface area contributed by atoms with Crippen molar-refractivity contribution in [1.82, 2.24) is 19.3 Å². The molecule has 28 heavy (non-hydrogen) atoms. The molecule has 146 valence electrons. The molecule has 0 bridgehead atoms. The third-order valence-electron chi connectivity index (χ3n) is 4.64. The molecule has 1 atom stereocenters. The maximum Gasteiger partial charge on any atom is 0.245 e. The Balaban J connectivity index is 1.58. The van der Waals surface area contributed by atoms with Crippen molar-refractivity contribution in [2.75, 3.05) is 20.2 Å². The van der Waals surface area contributed by atoms with Crippen LogP contribution >= 0.6 is 0 Å². The summed E-state index contributed by atoms with van der Waals surface area (Å²) in [5, 5.41) is 0.792. The fourth-order valence-corrected chi connectivity index (χ4v) is 4.98. The minimum atomic E-state index is -3.70. The minimum absolute atomic E-state index is 0.215. The second-order valence-corrected chi connectivity index (χ2v) is 8.38. The summed E-state index contributed by atoms with van der Waals surface area (Å²) in [6, 6.07) is 8.83. The van der Waals surface area contributed by atoms with Gasteiger partial charge in [0.05, 0.1) is 31.6 Å². The number of ether oxygens (including phenoxy) is 2. The van der Waals surface area contributed by atoms with Crippen molar-refractivity contribution >= 4 is 20.9 Å². The van der Waals surface area contributed by atoms with Gasteiger partial charge in [-0.25, -0.2) is 8.42 Å². The van der Waals surface area contributed by atoms with Crippen LogP contribution in [0.1, 0.15) is 12.8 Å². The van der Waals surface area contributed by atoms with Crippen molar-refractivity contribution in [2.45, 2.75) is 23.8 Å². The van der Waals surface area contributed by atoms with Crippen molar-refractivity contribution in [3.05, 3.63) is 48.9 Å². The Morgan fingerprint density at radius 1 is 1.14 bits per heavy atom. The fourth-order valence-electron chi connectivity index (χ4n) is 3.30. The molecular weight excluding hydrogens is 380 g/mol. The van der Waals surface area contributed by atoms with Crippen LogP contribution in [-0.2, 0) is 10.0 Å². The molecule has 9 heteroatoms. The van der Waals surface area contributed by atoms with Gasteiger partial charge in [0.2, 0.25) is 21.8 Å². The van der Waals surface area contributed by atoms with Crippen LogP contribution in [0.25, 0.3) is 10.9 Å². The van der Waals surface area contributed by atoms with Gasteiger partial charge in [0.25, 0.3) is 0 Å². The zero-order valence-electron chi connectivity index (χ0n) is 15.4. The van der Waals surface area contributed by atoms with Gasteiger partial charge in [0, 0.05) is 18.1 Å². The molecule has 4 rings (SSSR count). The van der Waals surface area contributed by atoms with E-state index in [9.17, 15) is 8.42 Å². The summed E-state index contributed by atoms with van der Waals surface area (Å²) >= 11 is 0. The van der Waals surface area contributed by atoms with E-state index in [1.807, 2.05) is 12.1 Å². The maximum atomic E-state index is 13.3. The van der Waals surface area contributed by atoms with E-state index in [0.717, 1.165) is 11.8 Å². The molecule has 1 saturated heterocycles. The summed E-state index contributed by atoms with van der Waals surface area (Å²) in [5.74, 6) is 0.662. The lowest BCUT2D eigenvalue weighted by molar-refractivity contribution is 0.123. The van der Waals surface area contributed by atoms with E-state index in [-0.39, 0.29) is 17.5 Å². The highest BCUT2D eigenvalue weighted by molar-refractivity contribution is 7.89. The molecule has 0 N–H and O–H groups in total. The van der Waals surface area contributed by atoms with Gasteiger partial charge in [-0.15, -0.1) is 0 Å². The second kappa shape index (κ2) is 7.69. The largest absolute Gasteiger partial charge is 0.480 e. The number of hydrogen-bond acceptors (Lipinski definition) is 7. The maximum absolute atomic E-state index is 13.3. The van der Waals surface area contributed by atoms with Gasteiger partial charge in [-0.1, -0.05) is 18.2 Å². The summed E-state index contributed by atoms with van der Waals surface area (Å²) in [5.41, 5.74) is 0.478. The molecule has 3 heterocycles. The highest BCUT2D eigenvalue weighted by Gasteiger charge is 2.32. The average molecular weight is 400 g/mol. The molecule has 0 saturated carbocycles. The zero-order chi connectivity index (χ0) is 19.6. The Labute approximate surface area is 163 Å². The summed E-state index contributed by atoms with van der Waals surface area (Å²) in [6.45, 7) is 0.680. The summed E-state index contributed by atoms with van der Waals surface area (Å²) < 4.78 is 38.9. The number of para-hydroxylation sites is 1. The van der Waals surface area contributed by atoms with E-state index >= 15 is 0 Å². The number of hydrogen-bond donors (Lipinski definition) is 0. The van der Waals surface area contributed by atoms with E-state index in [2.05, 4.69) is 15.0 Å². The van der Waals surface area contributed by atoms with Crippen LogP contribution in [0.2, 0.25) is 0 Å². The number of sulfonamides is 1. The Hall–Kier alpha value is -2.78. The topological polar surface area (TPSA) is 94.5 Å². The second-order valence-electron chi connectivity index (χ2n) is 6.48. The Morgan fingerprint density at radius 3 is 2.82 bits per heavy atom. The Kier molecular flexibility index (Phi) is 5.10. The minimum Gasteiger partial charge on any atom is -0.480 e. The first-order chi connectivity index (χ1) is 13.6. The number of rotatable bonds is 5. The monoisotopic (exact) mass is 400 g/mol. The summed E-state index contributed by atoms with van der Waals surface area (Å²) in [6.07, 6.45) is 5.69. The smallest absolute Gasteiger partial charge is 0.245 e. The Bertz CT molecular complexity index is 1080. The van der Waals surface area contributed by atoms with Crippen LogP contribution in [-0.4, -0.2) is 54.0 Å². The van der Waals surface area contributed by atoms with E-state index < -0.39 is 10.0 Å². The first-order valence-electron chi connectivity index (χ1n) is 8.94. The van der Waals surface area contributed by atoms with Crippen LogP contribution in [0.3, 0.4) is 0 Å². The lowest BCUT2D eigenvalue weighted by Crippen LogP contribution is -2.44. The molecule has 8 nitrogen and oxygen atoms in total. The van der Waals surface area contributed by atoms with Gasteiger partial charge in [0.15, 0.2) is 0 Å². The molecule has 1 aliphatic heterocycles. The molecule has 0 amide bonds. The van der Waals surface area contributed by atoms with Crippen LogP contribution in [0, 0.1) is 0 Å².